The van der Waals surface area contributed by atoms with Crippen molar-refractivity contribution in [3.63, 3.8) is 0 Å². The molecule has 8 nitrogen and oxygen atoms in total. The predicted molar refractivity (Wildman–Crippen MR) is 144 cm³/mol. The van der Waals surface area contributed by atoms with E-state index in [4.69, 9.17) is 0 Å². The smallest absolute Gasteiger partial charge is 0.224 e. The molecule has 5 heterocycles. The van der Waals surface area contributed by atoms with Crippen molar-refractivity contribution in [3.05, 3.63) is 53.8 Å². The number of anilines is 2. The molecule has 4 aromatic rings. The minimum atomic E-state index is 0.209. The topological polar surface area (TPSA) is 97.4 Å². The lowest BCUT2D eigenvalue weighted by molar-refractivity contribution is -0.131. The first-order valence-electron chi connectivity index (χ1n) is 12.5. The van der Waals surface area contributed by atoms with Gasteiger partial charge in [0, 0.05) is 62.2 Å². The van der Waals surface area contributed by atoms with Crippen LogP contribution >= 0.6 is 11.3 Å². The van der Waals surface area contributed by atoms with Crippen LogP contribution in [0.2, 0.25) is 0 Å². The number of likely N-dealkylation sites (tertiary alicyclic amines) is 1. The summed E-state index contributed by atoms with van der Waals surface area (Å²) < 4.78 is 1.15. The number of carbonyl (C=O) groups is 1. The van der Waals surface area contributed by atoms with Gasteiger partial charge in [-0.1, -0.05) is 6.08 Å². The first kappa shape index (κ1) is 23.1. The fourth-order valence-electron chi connectivity index (χ4n) is 5.21. The Morgan fingerprint density at radius 1 is 1.22 bits per heavy atom. The minimum absolute atomic E-state index is 0.209. The second kappa shape index (κ2) is 10.0. The first-order valence-corrected chi connectivity index (χ1v) is 13.4. The van der Waals surface area contributed by atoms with Gasteiger partial charge in [0.05, 0.1) is 21.4 Å². The van der Waals surface area contributed by atoms with Gasteiger partial charge in [-0.3, -0.25) is 4.79 Å². The van der Waals surface area contributed by atoms with Crippen molar-refractivity contribution in [1.29, 1.82) is 0 Å². The van der Waals surface area contributed by atoms with Crippen molar-refractivity contribution in [2.75, 3.05) is 44.6 Å². The number of rotatable bonds is 7. The Morgan fingerprint density at radius 3 is 3.00 bits per heavy atom. The van der Waals surface area contributed by atoms with Gasteiger partial charge in [0.2, 0.25) is 5.91 Å². The number of aliphatic hydroxyl groups is 1. The van der Waals surface area contributed by atoms with E-state index in [0.29, 0.717) is 18.9 Å². The number of pyridine rings is 1. The molecule has 0 unspecified atom stereocenters. The van der Waals surface area contributed by atoms with Crippen LogP contribution in [0.3, 0.4) is 0 Å². The van der Waals surface area contributed by atoms with Gasteiger partial charge in [0.25, 0.3) is 0 Å². The third-order valence-corrected chi connectivity index (χ3v) is 8.11. The average Bonchev–Trinajstić information content (AvgIpc) is 3.67. The second-order valence-electron chi connectivity index (χ2n) is 9.67. The molecule has 1 aromatic carbocycles. The molecule has 3 aromatic heterocycles. The highest BCUT2D eigenvalue weighted by atomic mass is 32.1. The van der Waals surface area contributed by atoms with E-state index in [1.165, 1.54) is 5.57 Å². The third-order valence-electron chi connectivity index (χ3n) is 7.32. The molecular weight excluding hydrogens is 472 g/mol. The monoisotopic (exact) mass is 502 g/mol. The SMILES string of the molecule is O=C(CCN1CC[C@@H](CO)C1)N1CC=C(c2cc3c(Nc4ccc5ncsc5c4)ccnc3[nH]2)CC1. The van der Waals surface area contributed by atoms with Crippen molar-refractivity contribution in [1.82, 2.24) is 24.8 Å². The highest BCUT2D eigenvalue weighted by molar-refractivity contribution is 7.16. The number of aromatic nitrogens is 3. The zero-order valence-corrected chi connectivity index (χ0v) is 20.9. The number of nitrogens with one attached hydrogen (secondary N) is 2. The van der Waals surface area contributed by atoms with Crippen LogP contribution in [-0.2, 0) is 4.79 Å². The number of aliphatic hydroxyl groups excluding tert-OH is 1. The number of hydrogen-bond acceptors (Lipinski definition) is 7. The van der Waals surface area contributed by atoms with Crippen LogP contribution in [0.25, 0.3) is 26.8 Å². The lowest BCUT2D eigenvalue weighted by Crippen LogP contribution is -2.37. The van der Waals surface area contributed by atoms with Crippen LogP contribution < -0.4 is 5.32 Å². The summed E-state index contributed by atoms with van der Waals surface area (Å²) in [5.41, 5.74) is 8.03. The number of H-pyrrole nitrogens is 1. The number of fused-ring (bicyclic) bond motifs is 2. The van der Waals surface area contributed by atoms with Crippen LogP contribution in [0.15, 0.2) is 48.1 Å². The van der Waals surface area contributed by atoms with Crippen molar-refractivity contribution in [3.8, 4) is 0 Å². The van der Waals surface area contributed by atoms with Crippen molar-refractivity contribution >= 4 is 55.4 Å². The van der Waals surface area contributed by atoms with Gasteiger partial charge < -0.3 is 25.2 Å². The highest BCUT2D eigenvalue weighted by Gasteiger charge is 2.24. The quantitative estimate of drug-likeness (QED) is 0.350. The summed E-state index contributed by atoms with van der Waals surface area (Å²) in [7, 11) is 0. The van der Waals surface area contributed by atoms with E-state index in [1.54, 1.807) is 11.3 Å². The Morgan fingerprint density at radius 2 is 2.17 bits per heavy atom. The molecule has 9 heteroatoms. The summed E-state index contributed by atoms with van der Waals surface area (Å²) in [4.78, 5) is 29.4. The number of hydrogen-bond donors (Lipinski definition) is 3. The highest BCUT2D eigenvalue weighted by Crippen LogP contribution is 2.31. The summed E-state index contributed by atoms with van der Waals surface area (Å²) in [6, 6.07) is 10.4. The van der Waals surface area contributed by atoms with Gasteiger partial charge in [0.1, 0.15) is 5.65 Å². The fraction of sp³-hybridized carbons (Fsp3) is 0.370. The summed E-state index contributed by atoms with van der Waals surface area (Å²) in [6.07, 6.45) is 6.36. The summed E-state index contributed by atoms with van der Waals surface area (Å²) in [5.74, 6) is 0.574. The van der Waals surface area contributed by atoms with Gasteiger partial charge in [-0.15, -0.1) is 11.3 Å². The molecular formula is C27H30N6O2S. The Bertz CT molecular complexity index is 1430. The Labute approximate surface area is 213 Å². The van der Waals surface area contributed by atoms with Crippen LogP contribution in [0.1, 0.15) is 25.0 Å². The third kappa shape index (κ3) is 4.74. The van der Waals surface area contributed by atoms with Gasteiger partial charge >= 0.3 is 0 Å². The molecule has 1 amide bonds. The molecule has 0 aliphatic carbocycles. The maximum atomic E-state index is 12.8. The average molecular weight is 503 g/mol. The van der Waals surface area contributed by atoms with Crippen molar-refractivity contribution in [2.24, 2.45) is 5.92 Å². The minimum Gasteiger partial charge on any atom is -0.396 e. The standard InChI is InChI=1S/C27H30N6O2S/c34-16-18-4-9-32(15-18)10-7-26(35)33-11-5-19(6-12-33)24-14-21-22(3-8-28-27(21)31-24)30-20-1-2-23-25(13-20)36-17-29-23/h1-3,5,8,13-14,17-18,34H,4,6-7,9-12,15-16H2,(H2,28,30,31)/t18-/m1/s1. The van der Waals surface area contributed by atoms with Crippen molar-refractivity contribution < 1.29 is 9.90 Å². The summed E-state index contributed by atoms with van der Waals surface area (Å²) in [5, 5.41) is 13.9. The van der Waals surface area contributed by atoms with Crippen LogP contribution in [-0.4, -0.2) is 75.1 Å². The van der Waals surface area contributed by atoms with Crippen LogP contribution in [0.5, 0.6) is 0 Å². The molecule has 3 N–H and O–H groups in total. The molecule has 1 atom stereocenters. The number of carbonyl (C=O) groups excluding carboxylic acids is 1. The zero-order valence-electron chi connectivity index (χ0n) is 20.1. The molecule has 0 saturated carbocycles. The van der Waals surface area contributed by atoms with Gasteiger partial charge in [-0.25, -0.2) is 9.97 Å². The van der Waals surface area contributed by atoms with Crippen LogP contribution in [0.4, 0.5) is 11.4 Å². The molecule has 1 fully saturated rings. The summed E-state index contributed by atoms with van der Waals surface area (Å²) in [6.45, 7) is 4.27. The molecule has 0 bridgehead atoms. The molecule has 186 valence electrons. The predicted octanol–water partition coefficient (Wildman–Crippen LogP) is 4.24. The Balaban J connectivity index is 1.12. The largest absolute Gasteiger partial charge is 0.396 e. The maximum absolute atomic E-state index is 12.8. The maximum Gasteiger partial charge on any atom is 0.224 e. The lowest BCUT2D eigenvalue weighted by Gasteiger charge is -2.27. The molecule has 2 aliphatic rings. The number of aromatic amines is 1. The van der Waals surface area contributed by atoms with Crippen LogP contribution in [0, 0.1) is 5.92 Å². The molecule has 1 saturated heterocycles. The van der Waals surface area contributed by atoms with Gasteiger partial charge in [0.15, 0.2) is 0 Å². The van der Waals surface area contributed by atoms with E-state index < -0.39 is 0 Å². The van der Waals surface area contributed by atoms with Gasteiger partial charge in [-0.2, -0.15) is 0 Å². The number of amides is 1. The van der Waals surface area contributed by atoms with Crippen molar-refractivity contribution in [2.45, 2.75) is 19.3 Å². The number of nitrogens with zero attached hydrogens (tertiary/aromatic N) is 4. The first-order chi connectivity index (χ1) is 17.7. The zero-order chi connectivity index (χ0) is 24.5. The number of thiazole rings is 1. The molecule has 36 heavy (non-hydrogen) atoms. The van der Waals surface area contributed by atoms with E-state index in [-0.39, 0.29) is 12.5 Å². The summed E-state index contributed by atoms with van der Waals surface area (Å²) >= 11 is 1.63. The molecule has 2 aliphatic heterocycles. The normalized spacial score (nSPS) is 18.8. The lowest BCUT2D eigenvalue weighted by atomic mass is 10.0. The van der Waals surface area contributed by atoms with Gasteiger partial charge in [-0.05, 0) is 61.2 Å². The Kier molecular flexibility index (Phi) is 6.43. The molecule has 0 spiro atoms. The van der Waals surface area contributed by atoms with E-state index in [1.807, 2.05) is 34.8 Å². The molecule has 0 radical (unpaired) electrons. The van der Waals surface area contributed by atoms with E-state index in [2.05, 4.69) is 43.4 Å². The second-order valence-corrected chi connectivity index (χ2v) is 10.6. The Hall–Kier alpha value is -3.27. The van der Waals surface area contributed by atoms with E-state index in [0.717, 1.165) is 77.3 Å². The number of benzene rings is 1. The van der Waals surface area contributed by atoms with E-state index >= 15 is 0 Å². The van der Waals surface area contributed by atoms with E-state index in [9.17, 15) is 9.90 Å². The fourth-order valence-corrected chi connectivity index (χ4v) is 5.93. The molecule has 6 rings (SSSR count).